The average Bonchev–Trinajstić information content (AvgIpc) is 3.47. The number of rotatable bonds is 7. The maximum Gasteiger partial charge on any atom is 0.227 e. The fourth-order valence-corrected chi connectivity index (χ4v) is 4.56. The largest absolute Gasteiger partial charge is 0.349 e. The van der Waals surface area contributed by atoms with Gasteiger partial charge in [0.1, 0.15) is 0 Å². The van der Waals surface area contributed by atoms with Gasteiger partial charge in [-0.1, -0.05) is 42.5 Å². The number of fused-ring (bicyclic) bond motifs is 1. The van der Waals surface area contributed by atoms with E-state index in [0.29, 0.717) is 0 Å². The van der Waals surface area contributed by atoms with Crippen molar-refractivity contribution in [3.63, 3.8) is 0 Å². The molecular formula is C25H24N4O2S. The Bertz CT molecular complexity index is 1260. The Hall–Kier alpha value is -3.45. The third-order valence-corrected chi connectivity index (χ3v) is 6.59. The number of carbonyl (C=O) groups is 2. The van der Waals surface area contributed by atoms with Gasteiger partial charge in [-0.3, -0.25) is 14.0 Å². The van der Waals surface area contributed by atoms with E-state index < -0.39 is 0 Å². The summed E-state index contributed by atoms with van der Waals surface area (Å²) in [6.07, 6.45) is 4.23. The van der Waals surface area contributed by atoms with Crippen molar-refractivity contribution in [3.05, 3.63) is 77.4 Å². The zero-order valence-corrected chi connectivity index (χ0v) is 18.6. The van der Waals surface area contributed by atoms with Crippen LogP contribution in [0, 0.1) is 5.92 Å². The number of nitrogens with one attached hydrogen (secondary N) is 2. The van der Waals surface area contributed by atoms with E-state index in [1.807, 2.05) is 77.5 Å². The summed E-state index contributed by atoms with van der Waals surface area (Å²) in [7, 11) is 0. The first-order valence-corrected chi connectivity index (χ1v) is 11.7. The standard InChI is InChI=1S/C25H24N4O2S/c1-16(17-9-11-20(12-10-17)27-24(31)19-7-8-19)26-23(30)13-21-15-32-25-28-22(14-29(21)25)18-5-3-2-4-6-18/h2-6,9-12,14-16,19H,7-8,13H2,1H3,(H,26,30)(H,27,31). The molecule has 2 aromatic heterocycles. The van der Waals surface area contributed by atoms with Crippen molar-refractivity contribution < 1.29 is 9.59 Å². The molecule has 162 valence electrons. The van der Waals surface area contributed by atoms with Gasteiger partial charge >= 0.3 is 0 Å². The number of thiazole rings is 1. The third kappa shape index (κ3) is 4.43. The van der Waals surface area contributed by atoms with Gasteiger partial charge in [-0.2, -0.15) is 0 Å². The molecule has 7 heteroatoms. The summed E-state index contributed by atoms with van der Waals surface area (Å²) >= 11 is 1.54. The summed E-state index contributed by atoms with van der Waals surface area (Å²) < 4.78 is 1.99. The highest BCUT2D eigenvalue weighted by Crippen LogP contribution is 2.30. The monoisotopic (exact) mass is 444 g/mol. The van der Waals surface area contributed by atoms with E-state index in [4.69, 9.17) is 0 Å². The van der Waals surface area contributed by atoms with Gasteiger partial charge in [0.25, 0.3) is 0 Å². The van der Waals surface area contributed by atoms with Crippen molar-refractivity contribution in [1.82, 2.24) is 14.7 Å². The summed E-state index contributed by atoms with van der Waals surface area (Å²) in [6, 6.07) is 17.6. The molecule has 5 rings (SSSR count). The van der Waals surface area contributed by atoms with Crippen LogP contribution in [-0.4, -0.2) is 21.2 Å². The number of hydrogen-bond acceptors (Lipinski definition) is 4. The van der Waals surface area contributed by atoms with Gasteiger partial charge in [-0.15, -0.1) is 11.3 Å². The quantitative estimate of drug-likeness (QED) is 0.429. The number of aromatic nitrogens is 2. The van der Waals surface area contributed by atoms with Crippen LogP contribution in [0.2, 0.25) is 0 Å². The lowest BCUT2D eigenvalue weighted by molar-refractivity contribution is -0.121. The third-order valence-electron chi connectivity index (χ3n) is 5.70. The fourth-order valence-electron chi connectivity index (χ4n) is 3.69. The lowest BCUT2D eigenvalue weighted by Gasteiger charge is -2.15. The molecule has 1 unspecified atom stereocenters. The van der Waals surface area contributed by atoms with E-state index in [9.17, 15) is 9.59 Å². The molecule has 2 N–H and O–H groups in total. The molecule has 1 saturated carbocycles. The lowest BCUT2D eigenvalue weighted by atomic mass is 10.1. The van der Waals surface area contributed by atoms with Crippen molar-refractivity contribution in [2.24, 2.45) is 5.92 Å². The first-order valence-electron chi connectivity index (χ1n) is 10.8. The number of amides is 2. The molecule has 0 saturated heterocycles. The van der Waals surface area contributed by atoms with Crippen LogP contribution in [0.4, 0.5) is 5.69 Å². The van der Waals surface area contributed by atoms with Gasteiger partial charge in [0.2, 0.25) is 11.8 Å². The molecule has 1 fully saturated rings. The number of benzene rings is 2. The molecule has 2 amide bonds. The first kappa shape index (κ1) is 20.5. The molecule has 32 heavy (non-hydrogen) atoms. The van der Waals surface area contributed by atoms with Crippen molar-refractivity contribution in [2.45, 2.75) is 32.2 Å². The fraction of sp³-hybridized carbons (Fsp3) is 0.240. The van der Waals surface area contributed by atoms with Crippen LogP contribution in [0.3, 0.4) is 0 Å². The second kappa shape index (κ2) is 8.59. The number of anilines is 1. The second-order valence-corrected chi connectivity index (χ2v) is 9.06. The predicted molar refractivity (Wildman–Crippen MR) is 127 cm³/mol. The minimum Gasteiger partial charge on any atom is -0.349 e. The van der Waals surface area contributed by atoms with E-state index in [1.165, 1.54) is 11.3 Å². The van der Waals surface area contributed by atoms with Gasteiger partial charge in [0.05, 0.1) is 18.2 Å². The van der Waals surface area contributed by atoms with Crippen LogP contribution in [0.15, 0.2) is 66.2 Å². The number of hydrogen-bond donors (Lipinski definition) is 2. The molecule has 0 aliphatic heterocycles. The van der Waals surface area contributed by atoms with Crippen LogP contribution in [0.1, 0.15) is 37.1 Å². The predicted octanol–water partition coefficient (Wildman–Crippen LogP) is 4.83. The summed E-state index contributed by atoms with van der Waals surface area (Å²) in [4.78, 5) is 30.2. The smallest absolute Gasteiger partial charge is 0.227 e. The van der Waals surface area contributed by atoms with Crippen molar-refractivity contribution in [2.75, 3.05) is 5.32 Å². The Kier molecular flexibility index (Phi) is 5.49. The van der Waals surface area contributed by atoms with Crippen molar-refractivity contribution in [3.8, 4) is 11.3 Å². The summed E-state index contributed by atoms with van der Waals surface area (Å²) in [6.45, 7) is 1.96. The first-order chi connectivity index (χ1) is 15.6. The van der Waals surface area contributed by atoms with E-state index in [-0.39, 0.29) is 30.2 Å². The van der Waals surface area contributed by atoms with Crippen LogP contribution >= 0.6 is 11.3 Å². The molecule has 1 aliphatic rings. The average molecular weight is 445 g/mol. The maximum atomic E-state index is 12.7. The Morgan fingerprint density at radius 3 is 2.59 bits per heavy atom. The Morgan fingerprint density at radius 2 is 1.88 bits per heavy atom. The minimum absolute atomic E-state index is 0.0433. The van der Waals surface area contributed by atoms with Gasteiger partial charge < -0.3 is 10.6 Å². The Balaban J connectivity index is 1.22. The zero-order valence-electron chi connectivity index (χ0n) is 17.7. The minimum atomic E-state index is -0.132. The van der Waals surface area contributed by atoms with Crippen LogP contribution in [0.25, 0.3) is 16.2 Å². The van der Waals surface area contributed by atoms with Gasteiger partial charge in [0.15, 0.2) is 4.96 Å². The maximum absolute atomic E-state index is 12.7. The molecule has 1 aliphatic carbocycles. The molecular weight excluding hydrogens is 420 g/mol. The number of imidazole rings is 1. The summed E-state index contributed by atoms with van der Waals surface area (Å²) in [5.41, 5.74) is 4.67. The van der Waals surface area contributed by atoms with Crippen LogP contribution < -0.4 is 10.6 Å². The highest BCUT2D eigenvalue weighted by atomic mass is 32.1. The summed E-state index contributed by atoms with van der Waals surface area (Å²) in [5, 5.41) is 7.99. The molecule has 0 spiro atoms. The molecule has 2 heterocycles. The Morgan fingerprint density at radius 1 is 1.12 bits per heavy atom. The molecule has 1 atom stereocenters. The van der Waals surface area contributed by atoms with Crippen molar-refractivity contribution >= 4 is 33.8 Å². The molecule has 0 radical (unpaired) electrons. The normalized spacial score (nSPS) is 14.3. The topological polar surface area (TPSA) is 75.5 Å². The van der Waals surface area contributed by atoms with Crippen LogP contribution in [0.5, 0.6) is 0 Å². The SMILES string of the molecule is CC(NC(=O)Cc1csc2nc(-c3ccccc3)cn12)c1ccc(NC(=O)C2CC2)cc1. The Labute approximate surface area is 190 Å². The zero-order chi connectivity index (χ0) is 22.1. The van der Waals surface area contributed by atoms with E-state index in [2.05, 4.69) is 15.6 Å². The van der Waals surface area contributed by atoms with Crippen LogP contribution in [-0.2, 0) is 16.0 Å². The van der Waals surface area contributed by atoms with Crippen molar-refractivity contribution in [1.29, 1.82) is 0 Å². The van der Waals surface area contributed by atoms with Gasteiger partial charge in [-0.25, -0.2) is 4.98 Å². The van der Waals surface area contributed by atoms with Gasteiger partial charge in [-0.05, 0) is 37.5 Å². The molecule has 0 bridgehead atoms. The molecule has 2 aromatic carbocycles. The molecule has 6 nitrogen and oxygen atoms in total. The van der Waals surface area contributed by atoms with E-state index >= 15 is 0 Å². The lowest BCUT2D eigenvalue weighted by Crippen LogP contribution is -2.28. The van der Waals surface area contributed by atoms with E-state index in [1.54, 1.807) is 0 Å². The summed E-state index contributed by atoms with van der Waals surface area (Å²) in [5.74, 6) is 0.227. The number of nitrogens with zero attached hydrogens (tertiary/aromatic N) is 2. The molecule has 4 aromatic rings. The van der Waals surface area contributed by atoms with Gasteiger partial charge in [0, 0.05) is 34.4 Å². The highest BCUT2D eigenvalue weighted by Gasteiger charge is 2.29. The second-order valence-electron chi connectivity index (χ2n) is 8.22. The number of carbonyl (C=O) groups excluding carboxylic acids is 2. The van der Waals surface area contributed by atoms with E-state index in [0.717, 1.165) is 46.0 Å². The highest BCUT2D eigenvalue weighted by molar-refractivity contribution is 7.15.